The Hall–Kier alpha value is -2.18. The molecule has 0 spiro atoms. The molecule has 2 N–H and O–H groups in total. The fraction of sp³-hybridized carbons (Fsp3) is 0.294. The first-order valence-electron chi connectivity index (χ1n) is 7.48. The van der Waals surface area contributed by atoms with E-state index in [1.54, 1.807) is 42.5 Å². The Labute approximate surface area is 139 Å². The third-order valence-corrected chi connectivity index (χ3v) is 3.96. The summed E-state index contributed by atoms with van der Waals surface area (Å²) in [5.74, 6) is -0.410. The van der Waals surface area contributed by atoms with E-state index in [1.165, 1.54) is 5.56 Å². The molecule has 1 amide bonds. The lowest BCUT2D eigenvalue weighted by Gasteiger charge is -2.13. The Kier molecular flexibility index (Phi) is 6.31. The number of carbonyl (C=O) groups excluding carboxylic acids is 2. The van der Waals surface area contributed by atoms with Crippen molar-refractivity contribution >= 4 is 28.9 Å². The fourth-order valence-corrected chi connectivity index (χ4v) is 2.86. The van der Waals surface area contributed by atoms with Gasteiger partial charge in [-0.25, -0.2) is 4.79 Å². The second-order valence-electron chi connectivity index (χ2n) is 5.29. The van der Waals surface area contributed by atoms with Crippen LogP contribution in [0.4, 0.5) is 5.69 Å². The molecular formula is C17H21N2O3S+. The van der Waals surface area contributed by atoms with Crippen LogP contribution >= 0.6 is 11.3 Å². The number of hydrogen-bond acceptors (Lipinski definition) is 4. The molecule has 0 aliphatic rings. The maximum absolute atomic E-state index is 12.1. The second-order valence-corrected chi connectivity index (χ2v) is 6.07. The Bertz CT molecular complexity index is 638. The van der Waals surface area contributed by atoms with Crippen LogP contribution in [-0.4, -0.2) is 32.1 Å². The smallest absolute Gasteiger partial charge is 0.338 e. The number of thiophene rings is 1. The van der Waals surface area contributed by atoms with Gasteiger partial charge in [0.05, 0.1) is 19.2 Å². The summed E-state index contributed by atoms with van der Waals surface area (Å²) >= 11 is 1.66. The maximum Gasteiger partial charge on any atom is 0.338 e. The molecule has 122 valence electrons. The van der Waals surface area contributed by atoms with Crippen LogP contribution in [0.3, 0.4) is 0 Å². The molecule has 0 radical (unpaired) electrons. The highest BCUT2D eigenvalue weighted by atomic mass is 32.1. The molecule has 1 aromatic carbocycles. The number of amides is 1. The number of esters is 1. The van der Waals surface area contributed by atoms with Crippen LogP contribution in [0.2, 0.25) is 0 Å². The van der Waals surface area contributed by atoms with Gasteiger partial charge in [-0.15, -0.1) is 0 Å². The number of nitrogens with one attached hydrogen (secondary N) is 2. The van der Waals surface area contributed by atoms with Crippen molar-refractivity contribution in [1.29, 1.82) is 0 Å². The van der Waals surface area contributed by atoms with E-state index in [4.69, 9.17) is 4.74 Å². The van der Waals surface area contributed by atoms with Gasteiger partial charge in [0.1, 0.15) is 6.54 Å². The molecule has 0 fully saturated rings. The molecule has 1 aromatic heterocycles. The third kappa shape index (κ3) is 5.50. The first-order valence-corrected chi connectivity index (χ1v) is 8.42. The van der Waals surface area contributed by atoms with Crippen molar-refractivity contribution in [2.24, 2.45) is 0 Å². The van der Waals surface area contributed by atoms with Gasteiger partial charge in [0, 0.05) is 11.3 Å². The molecule has 0 bridgehead atoms. The normalized spacial score (nSPS) is 11.7. The van der Waals surface area contributed by atoms with E-state index in [0.29, 0.717) is 24.4 Å². The Morgan fingerprint density at radius 1 is 1.22 bits per heavy atom. The minimum Gasteiger partial charge on any atom is -0.462 e. The zero-order valence-corrected chi connectivity index (χ0v) is 14.1. The molecule has 23 heavy (non-hydrogen) atoms. The maximum atomic E-state index is 12.1. The lowest BCUT2D eigenvalue weighted by Crippen LogP contribution is -3.08. The quantitative estimate of drug-likeness (QED) is 0.756. The SMILES string of the molecule is CCOC(=O)c1ccc(NC(=O)C[NH+](C)Cc2ccsc2)cc1. The van der Waals surface area contributed by atoms with Gasteiger partial charge < -0.3 is 15.0 Å². The molecule has 2 rings (SSSR count). The monoisotopic (exact) mass is 333 g/mol. The zero-order valence-electron chi connectivity index (χ0n) is 13.3. The van der Waals surface area contributed by atoms with Gasteiger partial charge in [-0.05, 0) is 48.0 Å². The summed E-state index contributed by atoms with van der Waals surface area (Å²) in [6.45, 7) is 3.31. The number of benzene rings is 1. The number of likely N-dealkylation sites (N-methyl/N-ethyl adjacent to an activating group) is 1. The van der Waals surface area contributed by atoms with Crippen LogP contribution in [0.1, 0.15) is 22.8 Å². The molecule has 0 aliphatic heterocycles. The summed E-state index contributed by atoms with van der Waals surface area (Å²) in [6, 6.07) is 8.78. The van der Waals surface area contributed by atoms with Gasteiger partial charge in [-0.2, -0.15) is 11.3 Å². The summed E-state index contributed by atoms with van der Waals surface area (Å²) in [4.78, 5) is 24.7. The first kappa shape index (κ1) is 17.2. The molecule has 0 saturated carbocycles. The Morgan fingerprint density at radius 3 is 2.57 bits per heavy atom. The highest BCUT2D eigenvalue weighted by Gasteiger charge is 2.12. The van der Waals surface area contributed by atoms with Gasteiger partial charge in [0.2, 0.25) is 0 Å². The van der Waals surface area contributed by atoms with Crippen molar-refractivity contribution in [3.05, 3.63) is 52.2 Å². The summed E-state index contributed by atoms with van der Waals surface area (Å²) in [5, 5.41) is 6.97. The highest BCUT2D eigenvalue weighted by molar-refractivity contribution is 7.07. The molecule has 0 aliphatic carbocycles. The molecular weight excluding hydrogens is 312 g/mol. The summed E-state index contributed by atoms with van der Waals surface area (Å²) in [5.41, 5.74) is 2.38. The number of rotatable bonds is 7. The number of quaternary nitrogens is 1. The van der Waals surface area contributed by atoms with Crippen molar-refractivity contribution in [2.45, 2.75) is 13.5 Å². The van der Waals surface area contributed by atoms with Crippen molar-refractivity contribution in [1.82, 2.24) is 0 Å². The predicted octanol–water partition coefficient (Wildman–Crippen LogP) is 1.58. The zero-order chi connectivity index (χ0) is 16.7. The fourth-order valence-electron chi connectivity index (χ4n) is 2.19. The molecule has 0 saturated heterocycles. The van der Waals surface area contributed by atoms with Gasteiger partial charge in [-0.3, -0.25) is 4.79 Å². The standard InChI is InChI=1S/C17H20N2O3S/c1-3-22-17(21)14-4-6-15(7-5-14)18-16(20)11-19(2)10-13-8-9-23-12-13/h4-9,12H,3,10-11H2,1-2H3,(H,18,20)/p+1. The minimum atomic E-state index is -0.356. The molecule has 2 aromatic rings. The number of ether oxygens (including phenoxy) is 1. The first-order chi connectivity index (χ1) is 11.1. The van der Waals surface area contributed by atoms with E-state index in [2.05, 4.69) is 16.8 Å². The summed E-state index contributed by atoms with van der Waals surface area (Å²) in [6.07, 6.45) is 0. The van der Waals surface area contributed by atoms with E-state index in [1.807, 2.05) is 12.4 Å². The van der Waals surface area contributed by atoms with Crippen LogP contribution in [0.25, 0.3) is 0 Å². The van der Waals surface area contributed by atoms with Crippen LogP contribution in [0.15, 0.2) is 41.1 Å². The highest BCUT2D eigenvalue weighted by Crippen LogP contribution is 2.10. The van der Waals surface area contributed by atoms with Crippen molar-refractivity contribution < 1.29 is 19.2 Å². The van der Waals surface area contributed by atoms with Crippen molar-refractivity contribution in [3.8, 4) is 0 Å². The number of anilines is 1. The van der Waals surface area contributed by atoms with Crippen molar-refractivity contribution in [2.75, 3.05) is 25.5 Å². The second kappa shape index (κ2) is 8.45. The lowest BCUT2D eigenvalue weighted by atomic mass is 10.2. The van der Waals surface area contributed by atoms with Gasteiger partial charge >= 0.3 is 5.97 Å². The average molecular weight is 333 g/mol. The van der Waals surface area contributed by atoms with E-state index >= 15 is 0 Å². The van der Waals surface area contributed by atoms with Gasteiger partial charge in [-0.1, -0.05) is 0 Å². The molecule has 5 nitrogen and oxygen atoms in total. The molecule has 6 heteroatoms. The Morgan fingerprint density at radius 2 is 1.96 bits per heavy atom. The molecule has 1 unspecified atom stereocenters. The van der Waals surface area contributed by atoms with E-state index in [-0.39, 0.29) is 11.9 Å². The van der Waals surface area contributed by atoms with Gasteiger partial charge in [0.25, 0.3) is 5.91 Å². The Balaban J connectivity index is 1.83. The molecule has 1 heterocycles. The largest absolute Gasteiger partial charge is 0.462 e. The van der Waals surface area contributed by atoms with E-state index in [9.17, 15) is 9.59 Å². The third-order valence-electron chi connectivity index (χ3n) is 3.23. The van der Waals surface area contributed by atoms with Gasteiger partial charge in [0.15, 0.2) is 6.54 Å². The molecule has 1 atom stereocenters. The van der Waals surface area contributed by atoms with Crippen LogP contribution in [0, 0.1) is 0 Å². The summed E-state index contributed by atoms with van der Waals surface area (Å²) < 4.78 is 4.92. The summed E-state index contributed by atoms with van der Waals surface area (Å²) in [7, 11) is 1.99. The van der Waals surface area contributed by atoms with Crippen molar-refractivity contribution in [3.63, 3.8) is 0 Å². The average Bonchev–Trinajstić information content (AvgIpc) is 3.00. The van der Waals surface area contributed by atoms with Crippen LogP contribution in [-0.2, 0) is 16.1 Å². The predicted molar refractivity (Wildman–Crippen MR) is 90.8 cm³/mol. The minimum absolute atomic E-state index is 0.0541. The topological polar surface area (TPSA) is 59.8 Å². The number of hydrogen-bond donors (Lipinski definition) is 2. The number of carbonyl (C=O) groups is 2. The lowest BCUT2D eigenvalue weighted by molar-refractivity contribution is -0.885. The van der Waals surface area contributed by atoms with E-state index in [0.717, 1.165) is 11.4 Å². The van der Waals surface area contributed by atoms with Crippen LogP contribution < -0.4 is 10.2 Å². The van der Waals surface area contributed by atoms with E-state index < -0.39 is 0 Å². The van der Waals surface area contributed by atoms with Crippen LogP contribution in [0.5, 0.6) is 0 Å².